The molecule has 0 spiro atoms. The summed E-state index contributed by atoms with van der Waals surface area (Å²) in [6, 6.07) is 9.49. The molecular weight excluding hydrogens is 384 g/mol. The maximum absolute atomic E-state index is 12.0. The molecule has 0 aliphatic carbocycles. The molecule has 0 aromatic heterocycles. The third-order valence-corrected chi connectivity index (χ3v) is 5.83. The molecule has 1 amide bonds. The Morgan fingerprint density at radius 1 is 1.00 bits per heavy atom. The lowest BCUT2D eigenvalue weighted by Crippen LogP contribution is -2.48. The van der Waals surface area contributed by atoms with Crippen LogP contribution in [0.1, 0.15) is 29.7 Å². The number of methoxy groups -OCH3 is 4. The first-order valence-corrected chi connectivity index (χ1v) is 9.94. The van der Waals surface area contributed by atoms with E-state index in [1.54, 1.807) is 28.4 Å². The number of fused-ring (bicyclic) bond motifs is 1. The van der Waals surface area contributed by atoms with Crippen molar-refractivity contribution in [2.45, 2.75) is 31.8 Å². The van der Waals surface area contributed by atoms with Crippen LogP contribution in [0.2, 0.25) is 0 Å². The van der Waals surface area contributed by atoms with Gasteiger partial charge in [-0.3, -0.25) is 9.69 Å². The summed E-state index contributed by atoms with van der Waals surface area (Å²) < 4.78 is 21.8. The van der Waals surface area contributed by atoms with Crippen molar-refractivity contribution in [2.24, 2.45) is 5.73 Å². The SMILES string of the molecule is COc1ccc(C[C@@H]2c3cc(OC)c(OC)cc3CCN2C(C)C(N)=O)cc1OC. The van der Waals surface area contributed by atoms with Crippen LogP contribution in [-0.2, 0) is 17.6 Å². The molecule has 2 N–H and O–H groups in total. The number of carbonyl (C=O) groups is 1. The summed E-state index contributed by atoms with van der Waals surface area (Å²) >= 11 is 0. The zero-order chi connectivity index (χ0) is 21.8. The molecule has 2 atom stereocenters. The summed E-state index contributed by atoms with van der Waals surface area (Å²) in [6.07, 6.45) is 1.48. The fraction of sp³-hybridized carbons (Fsp3) is 0.435. The van der Waals surface area contributed by atoms with Crippen molar-refractivity contribution in [3.8, 4) is 23.0 Å². The molecule has 3 rings (SSSR count). The molecule has 1 heterocycles. The second-order valence-electron chi connectivity index (χ2n) is 7.38. The third kappa shape index (κ3) is 4.16. The fourth-order valence-corrected chi connectivity index (χ4v) is 4.13. The third-order valence-electron chi connectivity index (χ3n) is 5.83. The van der Waals surface area contributed by atoms with Gasteiger partial charge in [0.15, 0.2) is 23.0 Å². The van der Waals surface area contributed by atoms with Gasteiger partial charge < -0.3 is 24.7 Å². The standard InChI is InChI=1S/C23H30N2O5/c1-14(23(24)26)25-9-8-16-12-21(29-4)22(30-5)13-17(16)18(25)10-15-6-7-19(27-2)20(11-15)28-3/h6-7,11-14,18H,8-10H2,1-5H3,(H2,24,26)/t14?,18-/m1/s1. The summed E-state index contributed by atoms with van der Waals surface area (Å²) in [6.45, 7) is 2.58. The van der Waals surface area contributed by atoms with Gasteiger partial charge in [-0.25, -0.2) is 0 Å². The Labute approximate surface area is 177 Å². The average molecular weight is 415 g/mol. The van der Waals surface area contributed by atoms with Crippen molar-refractivity contribution >= 4 is 5.91 Å². The number of hydrogen-bond donors (Lipinski definition) is 1. The van der Waals surface area contributed by atoms with Gasteiger partial charge in [-0.1, -0.05) is 6.07 Å². The summed E-state index contributed by atoms with van der Waals surface area (Å²) in [7, 11) is 6.50. The van der Waals surface area contributed by atoms with E-state index in [0.717, 1.165) is 24.1 Å². The highest BCUT2D eigenvalue weighted by Gasteiger charge is 2.34. The molecule has 7 nitrogen and oxygen atoms in total. The van der Waals surface area contributed by atoms with E-state index in [-0.39, 0.29) is 11.9 Å². The first kappa shape index (κ1) is 21.8. The number of amides is 1. The van der Waals surface area contributed by atoms with Crippen LogP contribution in [0.4, 0.5) is 0 Å². The smallest absolute Gasteiger partial charge is 0.234 e. The summed E-state index contributed by atoms with van der Waals surface area (Å²) in [5.74, 6) is 2.39. The quantitative estimate of drug-likeness (QED) is 0.715. The lowest BCUT2D eigenvalue weighted by molar-refractivity contribution is -0.123. The van der Waals surface area contributed by atoms with Crippen molar-refractivity contribution in [1.29, 1.82) is 0 Å². The molecule has 2 aromatic carbocycles. The number of primary amides is 1. The molecule has 0 radical (unpaired) electrons. The van der Waals surface area contributed by atoms with Crippen molar-refractivity contribution < 1.29 is 23.7 Å². The van der Waals surface area contributed by atoms with Gasteiger partial charge in [0.2, 0.25) is 5.91 Å². The summed E-state index contributed by atoms with van der Waals surface area (Å²) in [4.78, 5) is 14.2. The van der Waals surface area contributed by atoms with E-state index in [4.69, 9.17) is 24.7 Å². The Morgan fingerprint density at radius 3 is 2.20 bits per heavy atom. The van der Waals surface area contributed by atoms with Crippen molar-refractivity contribution in [2.75, 3.05) is 35.0 Å². The van der Waals surface area contributed by atoms with Crippen LogP contribution in [0.5, 0.6) is 23.0 Å². The van der Waals surface area contributed by atoms with Crippen molar-refractivity contribution in [1.82, 2.24) is 4.90 Å². The lowest BCUT2D eigenvalue weighted by atomic mass is 9.87. The van der Waals surface area contributed by atoms with Gasteiger partial charge in [0.1, 0.15) is 0 Å². The number of rotatable bonds is 8. The second kappa shape index (κ2) is 9.26. The number of hydrogen-bond acceptors (Lipinski definition) is 6. The minimum Gasteiger partial charge on any atom is -0.493 e. The van der Waals surface area contributed by atoms with Gasteiger partial charge in [0, 0.05) is 12.6 Å². The Morgan fingerprint density at radius 2 is 1.60 bits per heavy atom. The zero-order valence-electron chi connectivity index (χ0n) is 18.2. The Balaban J connectivity index is 2.06. The van der Waals surface area contributed by atoms with Crippen LogP contribution in [0.3, 0.4) is 0 Å². The van der Waals surface area contributed by atoms with E-state index >= 15 is 0 Å². The minimum absolute atomic E-state index is 0.0471. The normalized spacial score (nSPS) is 17.0. The van der Waals surface area contributed by atoms with Crippen LogP contribution in [0.15, 0.2) is 30.3 Å². The lowest BCUT2D eigenvalue weighted by Gasteiger charge is -2.40. The molecule has 1 aliphatic rings. The Bertz CT molecular complexity index is 915. The zero-order valence-corrected chi connectivity index (χ0v) is 18.2. The molecule has 0 saturated carbocycles. The minimum atomic E-state index is -0.392. The molecule has 1 unspecified atom stereocenters. The maximum atomic E-state index is 12.0. The highest BCUT2D eigenvalue weighted by molar-refractivity contribution is 5.79. The van der Waals surface area contributed by atoms with Crippen molar-refractivity contribution in [3.05, 3.63) is 47.0 Å². The van der Waals surface area contributed by atoms with Crippen LogP contribution >= 0.6 is 0 Å². The van der Waals surface area contributed by atoms with Gasteiger partial charge in [-0.05, 0) is 60.7 Å². The predicted molar refractivity (Wildman–Crippen MR) is 115 cm³/mol. The van der Waals surface area contributed by atoms with E-state index in [2.05, 4.69) is 4.90 Å². The number of benzene rings is 2. The van der Waals surface area contributed by atoms with E-state index in [1.165, 1.54) is 5.56 Å². The Hall–Kier alpha value is -2.93. The van der Waals surface area contributed by atoms with Crippen molar-refractivity contribution in [3.63, 3.8) is 0 Å². The number of ether oxygens (including phenoxy) is 4. The Kier molecular flexibility index (Phi) is 6.72. The topological polar surface area (TPSA) is 83.3 Å². The predicted octanol–water partition coefficient (Wildman–Crippen LogP) is 2.74. The maximum Gasteiger partial charge on any atom is 0.234 e. The largest absolute Gasteiger partial charge is 0.493 e. The van der Waals surface area contributed by atoms with Crippen LogP contribution in [0.25, 0.3) is 0 Å². The molecule has 0 saturated heterocycles. The van der Waals surface area contributed by atoms with Crippen LogP contribution < -0.4 is 24.7 Å². The monoisotopic (exact) mass is 414 g/mol. The number of carbonyl (C=O) groups excluding carboxylic acids is 1. The molecule has 7 heteroatoms. The molecular formula is C23H30N2O5. The first-order valence-electron chi connectivity index (χ1n) is 9.94. The highest BCUT2D eigenvalue weighted by Crippen LogP contribution is 2.41. The van der Waals surface area contributed by atoms with Crippen LogP contribution in [0, 0.1) is 0 Å². The second-order valence-corrected chi connectivity index (χ2v) is 7.38. The summed E-state index contributed by atoms with van der Waals surface area (Å²) in [5.41, 5.74) is 9.04. The fourth-order valence-electron chi connectivity index (χ4n) is 4.13. The number of nitrogens with two attached hydrogens (primary N) is 1. The molecule has 2 aromatic rings. The molecule has 30 heavy (non-hydrogen) atoms. The molecule has 0 bridgehead atoms. The number of nitrogens with zero attached hydrogens (tertiary/aromatic N) is 1. The van der Waals surface area contributed by atoms with E-state index in [1.807, 2.05) is 37.3 Å². The van der Waals surface area contributed by atoms with Gasteiger partial charge in [0.05, 0.1) is 34.5 Å². The molecule has 162 valence electrons. The molecule has 0 fully saturated rings. The van der Waals surface area contributed by atoms with E-state index in [9.17, 15) is 4.79 Å². The van der Waals surface area contributed by atoms with Gasteiger partial charge >= 0.3 is 0 Å². The molecule has 1 aliphatic heterocycles. The summed E-state index contributed by atoms with van der Waals surface area (Å²) in [5, 5.41) is 0. The average Bonchev–Trinajstić information content (AvgIpc) is 2.77. The van der Waals surface area contributed by atoms with E-state index < -0.39 is 6.04 Å². The van der Waals surface area contributed by atoms with Crippen LogP contribution in [-0.4, -0.2) is 51.8 Å². The van der Waals surface area contributed by atoms with E-state index in [0.29, 0.717) is 29.4 Å². The highest BCUT2D eigenvalue weighted by atomic mass is 16.5. The first-order chi connectivity index (χ1) is 14.4. The van der Waals surface area contributed by atoms with Gasteiger partial charge in [-0.2, -0.15) is 0 Å². The van der Waals surface area contributed by atoms with Gasteiger partial charge in [-0.15, -0.1) is 0 Å². The van der Waals surface area contributed by atoms with Gasteiger partial charge in [0.25, 0.3) is 0 Å².